The Hall–Kier alpha value is -0.890. The van der Waals surface area contributed by atoms with E-state index in [1.54, 1.807) is 0 Å². The highest BCUT2D eigenvalue weighted by molar-refractivity contribution is 5.16. The number of aromatic nitrogens is 1. The van der Waals surface area contributed by atoms with E-state index in [4.69, 9.17) is 0 Å². The van der Waals surface area contributed by atoms with E-state index < -0.39 is 0 Å². The van der Waals surface area contributed by atoms with Gasteiger partial charge in [-0.25, -0.2) is 0 Å². The molecule has 0 radical (unpaired) electrons. The number of nitrogens with one attached hydrogen (secondary N) is 1. The average Bonchev–Trinajstić information content (AvgIpc) is 2.46. The van der Waals surface area contributed by atoms with Crippen LogP contribution in [0.2, 0.25) is 0 Å². The molecule has 1 aliphatic rings. The summed E-state index contributed by atoms with van der Waals surface area (Å²) in [6.07, 6.45) is 10.8. The van der Waals surface area contributed by atoms with Crippen LogP contribution in [0, 0.1) is 11.8 Å². The van der Waals surface area contributed by atoms with Crippen LogP contribution in [0.3, 0.4) is 0 Å². The molecule has 100 valence electrons. The van der Waals surface area contributed by atoms with Crippen LogP contribution in [0.15, 0.2) is 24.5 Å². The van der Waals surface area contributed by atoms with Gasteiger partial charge >= 0.3 is 0 Å². The van der Waals surface area contributed by atoms with E-state index in [1.807, 2.05) is 12.4 Å². The summed E-state index contributed by atoms with van der Waals surface area (Å²) in [5.41, 5.74) is 1.41. The van der Waals surface area contributed by atoms with Crippen LogP contribution in [-0.4, -0.2) is 11.5 Å². The third kappa shape index (κ3) is 3.11. The fourth-order valence-electron chi connectivity index (χ4n) is 3.49. The Labute approximate surface area is 111 Å². The SMILES string of the molecule is CCNC(c1ccncc1)C1CCCCC1CC. The second kappa shape index (κ2) is 6.89. The summed E-state index contributed by atoms with van der Waals surface area (Å²) in [6, 6.07) is 4.87. The average molecular weight is 246 g/mol. The van der Waals surface area contributed by atoms with Gasteiger partial charge in [-0.05, 0) is 42.5 Å². The molecule has 2 heteroatoms. The molecule has 1 heterocycles. The van der Waals surface area contributed by atoms with Crippen molar-refractivity contribution < 1.29 is 0 Å². The zero-order valence-electron chi connectivity index (χ0n) is 11.7. The topological polar surface area (TPSA) is 24.9 Å². The van der Waals surface area contributed by atoms with Crippen LogP contribution in [0.25, 0.3) is 0 Å². The highest BCUT2D eigenvalue weighted by Crippen LogP contribution is 2.40. The van der Waals surface area contributed by atoms with Crippen LogP contribution in [0.4, 0.5) is 0 Å². The van der Waals surface area contributed by atoms with Crippen molar-refractivity contribution in [2.24, 2.45) is 11.8 Å². The second-order valence-corrected chi connectivity index (χ2v) is 5.43. The van der Waals surface area contributed by atoms with Gasteiger partial charge in [0, 0.05) is 18.4 Å². The number of hydrogen-bond donors (Lipinski definition) is 1. The molecule has 2 rings (SSSR count). The van der Waals surface area contributed by atoms with Crippen LogP contribution in [0.5, 0.6) is 0 Å². The van der Waals surface area contributed by atoms with E-state index in [-0.39, 0.29) is 0 Å². The highest BCUT2D eigenvalue weighted by atomic mass is 14.9. The Morgan fingerprint density at radius 1 is 1.22 bits per heavy atom. The van der Waals surface area contributed by atoms with Crippen molar-refractivity contribution in [3.8, 4) is 0 Å². The lowest BCUT2D eigenvalue weighted by molar-refractivity contribution is 0.176. The molecule has 0 aromatic carbocycles. The van der Waals surface area contributed by atoms with Crippen LogP contribution in [-0.2, 0) is 0 Å². The van der Waals surface area contributed by atoms with Crippen LogP contribution < -0.4 is 5.32 Å². The van der Waals surface area contributed by atoms with E-state index in [0.29, 0.717) is 6.04 Å². The molecule has 0 bridgehead atoms. The van der Waals surface area contributed by atoms with Crippen molar-refractivity contribution in [3.63, 3.8) is 0 Å². The van der Waals surface area contributed by atoms with Gasteiger partial charge < -0.3 is 5.32 Å². The Morgan fingerprint density at radius 3 is 2.61 bits per heavy atom. The van der Waals surface area contributed by atoms with Gasteiger partial charge in [-0.3, -0.25) is 4.98 Å². The molecular formula is C16H26N2. The van der Waals surface area contributed by atoms with E-state index in [0.717, 1.165) is 18.4 Å². The predicted molar refractivity (Wildman–Crippen MR) is 76.4 cm³/mol. The molecule has 3 atom stereocenters. The molecule has 1 aromatic heterocycles. The largest absolute Gasteiger partial charge is 0.310 e. The normalized spacial score (nSPS) is 25.9. The van der Waals surface area contributed by atoms with Gasteiger partial charge in [-0.1, -0.05) is 39.5 Å². The van der Waals surface area contributed by atoms with Crippen molar-refractivity contribution in [2.75, 3.05) is 6.54 Å². The Morgan fingerprint density at radius 2 is 1.94 bits per heavy atom. The molecule has 1 N–H and O–H groups in total. The van der Waals surface area contributed by atoms with Gasteiger partial charge in [-0.2, -0.15) is 0 Å². The maximum Gasteiger partial charge on any atom is 0.0352 e. The minimum atomic E-state index is 0.517. The first-order valence-corrected chi connectivity index (χ1v) is 7.50. The quantitative estimate of drug-likeness (QED) is 0.851. The van der Waals surface area contributed by atoms with Gasteiger partial charge in [0.05, 0.1) is 0 Å². The molecule has 0 saturated heterocycles. The molecule has 1 saturated carbocycles. The summed E-state index contributed by atoms with van der Waals surface area (Å²) in [6.45, 7) is 5.59. The van der Waals surface area contributed by atoms with Crippen molar-refractivity contribution in [2.45, 2.75) is 52.0 Å². The van der Waals surface area contributed by atoms with Gasteiger partial charge in [0.2, 0.25) is 0 Å². The molecule has 0 amide bonds. The number of pyridine rings is 1. The molecular weight excluding hydrogens is 220 g/mol. The Kier molecular flexibility index (Phi) is 5.18. The van der Waals surface area contributed by atoms with E-state index >= 15 is 0 Å². The van der Waals surface area contributed by atoms with Gasteiger partial charge in [-0.15, -0.1) is 0 Å². The summed E-state index contributed by atoms with van der Waals surface area (Å²) in [5.74, 6) is 1.68. The molecule has 1 aromatic rings. The second-order valence-electron chi connectivity index (χ2n) is 5.43. The number of hydrogen-bond acceptors (Lipinski definition) is 2. The molecule has 3 unspecified atom stereocenters. The molecule has 0 spiro atoms. The van der Waals surface area contributed by atoms with Gasteiger partial charge in [0.15, 0.2) is 0 Å². The predicted octanol–water partition coefficient (Wildman–Crippen LogP) is 3.95. The van der Waals surface area contributed by atoms with E-state index in [1.165, 1.54) is 37.7 Å². The van der Waals surface area contributed by atoms with Crippen molar-refractivity contribution in [3.05, 3.63) is 30.1 Å². The Balaban J connectivity index is 2.18. The fourth-order valence-corrected chi connectivity index (χ4v) is 3.49. The number of rotatable bonds is 5. The maximum atomic E-state index is 4.14. The van der Waals surface area contributed by atoms with Gasteiger partial charge in [0.1, 0.15) is 0 Å². The minimum absolute atomic E-state index is 0.517. The third-order valence-electron chi connectivity index (χ3n) is 4.41. The van der Waals surface area contributed by atoms with Gasteiger partial charge in [0.25, 0.3) is 0 Å². The Bertz CT molecular complexity index is 336. The third-order valence-corrected chi connectivity index (χ3v) is 4.41. The molecule has 18 heavy (non-hydrogen) atoms. The molecule has 1 fully saturated rings. The summed E-state index contributed by atoms with van der Waals surface area (Å²) in [7, 11) is 0. The van der Waals surface area contributed by atoms with Crippen LogP contribution >= 0.6 is 0 Å². The lowest BCUT2D eigenvalue weighted by Crippen LogP contribution is -2.34. The number of nitrogens with zero attached hydrogens (tertiary/aromatic N) is 1. The first-order valence-electron chi connectivity index (χ1n) is 7.50. The zero-order valence-corrected chi connectivity index (χ0v) is 11.7. The lowest BCUT2D eigenvalue weighted by atomic mass is 9.72. The zero-order chi connectivity index (χ0) is 12.8. The first kappa shape index (κ1) is 13.5. The van der Waals surface area contributed by atoms with E-state index in [9.17, 15) is 0 Å². The van der Waals surface area contributed by atoms with Crippen molar-refractivity contribution in [1.29, 1.82) is 0 Å². The standard InChI is InChI=1S/C16H26N2/c1-3-13-7-5-6-8-15(13)16(18-4-2)14-9-11-17-12-10-14/h9-13,15-16,18H,3-8H2,1-2H3. The summed E-state index contributed by atoms with van der Waals surface area (Å²) in [5, 5.41) is 3.71. The van der Waals surface area contributed by atoms with E-state index in [2.05, 4.69) is 36.3 Å². The molecule has 0 aliphatic heterocycles. The summed E-state index contributed by atoms with van der Waals surface area (Å²) < 4.78 is 0. The highest BCUT2D eigenvalue weighted by Gasteiger charge is 2.31. The first-order chi connectivity index (χ1) is 8.86. The lowest BCUT2D eigenvalue weighted by Gasteiger charge is -2.37. The minimum Gasteiger partial charge on any atom is -0.310 e. The summed E-state index contributed by atoms with van der Waals surface area (Å²) in [4.78, 5) is 4.14. The monoisotopic (exact) mass is 246 g/mol. The fraction of sp³-hybridized carbons (Fsp3) is 0.688. The molecule has 2 nitrogen and oxygen atoms in total. The maximum absolute atomic E-state index is 4.14. The van der Waals surface area contributed by atoms with Crippen LogP contribution in [0.1, 0.15) is 57.6 Å². The van der Waals surface area contributed by atoms with Crippen molar-refractivity contribution >= 4 is 0 Å². The molecule has 1 aliphatic carbocycles. The smallest absolute Gasteiger partial charge is 0.0352 e. The van der Waals surface area contributed by atoms with Crippen molar-refractivity contribution in [1.82, 2.24) is 10.3 Å². The summed E-state index contributed by atoms with van der Waals surface area (Å²) >= 11 is 0.